The number of hydrogen-bond donors (Lipinski definition) is 2. The number of carbonyl (C=O) groups is 3. The van der Waals surface area contributed by atoms with Gasteiger partial charge in [-0.2, -0.15) is 0 Å². The molecule has 2 N–H and O–H groups in total. The van der Waals surface area contributed by atoms with Gasteiger partial charge in [0, 0.05) is 19.5 Å². The monoisotopic (exact) mass is 403 g/mol. The normalized spacial score (nSPS) is 11.0. The molecule has 8 nitrogen and oxygen atoms in total. The SMILES string of the molecule is CCOC(=O)c1ccc2c(c1)n(CC(=O)NC(=O)NCCC(C)C)c(C)[n+]2CC. The molecule has 0 unspecified atom stereocenters. The molecule has 1 aromatic carbocycles. The van der Waals surface area contributed by atoms with Crippen molar-refractivity contribution in [3.05, 3.63) is 29.6 Å². The smallest absolute Gasteiger partial charge is 0.338 e. The van der Waals surface area contributed by atoms with Gasteiger partial charge in [0.25, 0.3) is 11.7 Å². The van der Waals surface area contributed by atoms with Crippen LogP contribution in [0, 0.1) is 12.8 Å². The number of imidazole rings is 1. The highest BCUT2D eigenvalue weighted by Gasteiger charge is 2.24. The fraction of sp³-hybridized carbons (Fsp3) is 0.524. The summed E-state index contributed by atoms with van der Waals surface area (Å²) in [5.74, 6) is 0.505. The second kappa shape index (κ2) is 10.0. The first-order valence-corrected chi connectivity index (χ1v) is 10.1. The molecule has 0 fully saturated rings. The minimum Gasteiger partial charge on any atom is -0.462 e. The van der Waals surface area contributed by atoms with Crippen molar-refractivity contribution in [1.82, 2.24) is 15.2 Å². The number of fused-ring (bicyclic) bond motifs is 1. The van der Waals surface area contributed by atoms with Crippen LogP contribution in [0.1, 0.15) is 50.3 Å². The van der Waals surface area contributed by atoms with E-state index >= 15 is 0 Å². The molecule has 8 heteroatoms. The summed E-state index contributed by atoms with van der Waals surface area (Å²) in [4.78, 5) is 36.5. The Morgan fingerprint density at radius 2 is 1.93 bits per heavy atom. The molecule has 0 atom stereocenters. The van der Waals surface area contributed by atoms with Crippen LogP contribution < -0.4 is 15.2 Å². The highest BCUT2D eigenvalue weighted by Crippen LogP contribution is 2.17. The summed E-state index contributed by atoms with van der Waals surface area (Å²) in [5.41, 5.74) is 2.07. The molecule has 0 saturated carbocycles. The van der Waals surface area contributed by atoms with Crippen LogP contribution >= 0.6 is 0 Å². The van der Waals surface area contributed by atoms with Crippen LogP contribution in [-0.4, -0.2) is 35.6 Å². The third kappa shape index (κ3) is 5.56. The Morgan fingerprint density at radius 3 is 2.55 bits per heavy atom. The zero-order valence-electron chi connectivity index (χ0n) is 17.9. The van der Waals surface area contributed by atoms with Gasteiger partial charge in [0.2, 0.25) is 0 Å². The zero-order valence-corrected chi connectivity index (χ0v) is 17.9. The number of aromatic nitrogens is 2. The standard InChI is InChI=1S/C21H30N4O4/c1-6-24-15(5)25(13-19(26)23-21(28)22-11-10-14(3)4)18-12-16(8-9-17(18)24)20(27)29-7-2/h8-9,12,14H,6-7,10-11,13H2,1-5H3,(H-,22,23,26,28)/p+1. The molecule has 0 radical (unpaired) electrons. The summed E-state index contributed by atoms with van der Waals surface area (Å²) in [5, 5.41) is 5.06. The number of benzene rings is 1. The molecule has 0 aliphatic rings. The Hall–Kier alpha value is -2.90. The summed E-state index contributed by atoms with van der Waals surface area (Å²) in [6.45, 7) is 11.3. The average molecular weight is 404 g/mol. The maximum atomic E-state index is 12.4. The number of carbonyl (C=O) groups excluding carboxylic acids is 3. The number of ether oxygens (including phenoxy) is 1. The van der Waals surface area contributed by atoms with Crippen molar-refractivity contribution in [3.8, 4) is 0 Å². The van der Waals surface area contributed by atoms with Gasteiger partial charge >= 0.3 is 12.0 Å². The lowest BCUT2D eigenvalue weighted by atomic mass is 10.1. The van der Waals surface area contributed by atoms with Gasteiger partial charge in [0.1, 0.15) is 0 Å². The van der Waals surface area contributed by atoms with Gasteiger partial charge < -0.3 is 10.1 Å². The Balaban J connectivity index is 2.23. The number of aryl methyl sites for hydroxylation is 1. The van der Waals surface area contributed by atoms with Gasteiger partial charge in [0.05, 0.1) is 18.7 Å². The molecular weight excluding hydrogens is 372 g/mol. The van der Waals surface area contributed by atoms with E-state index in [1.165, 1.54) is 0 Å². The van der Waals surface area contributed by atoms with Crippen LogP contribution in [0.5, 0.6) is 0 Å². The Kier molecular flexibility index (Phi) is 7.75. The number of esters is 1. The minimum atomic E-state index is -0.500. The third-order valence-corrected chi connectivity index (χ3v) is 4.73. The highest BCUT2D eigenvalue weighted by molar-refractivity contribution is 5.95. The predicted octanol–water partition coefficient (Wildman–Crippen LogP) is 2.31. The summed E-state index contributed by atoms with van der Waals surface area (Å²) in [6.07, 6.45) is 0.843. The number of imide groups is 1. The van der Waals surface area contributed by atoms with Crippen molar-refractivity contribution >= 4 is 28.9 Å². The number of amides is 3. The van der Waals surface area contributed by atoms with Gasteiger partial charge in [0.15, 0.2) is 17.6 Å². The molecule has 0 spiro atoms. The van der Waals surface area contributed by atoms with Gasteiger partial charge in [-0.25, -0.2) is 18.7 Å². The number of rotatable bonds is 8. The van der Waals surface area contributed by atoms with Gasteiger partial charge in [-0.15, -0.1) is 0 Å². The molecule has 0 aliphatic heterocycles. The topological polar surface area (TPSA) is 93.3 Å². The average Bonchev–Trinajstić information content (AvgIpc) is 2.92. The first-order chi connectivity index (χ1) is 13.8. The molecule has 29 heavy (non-hydrogen) atoms. The number of nitrogens with zero attached hydrogens (tertiary/aromatic N) is 2. The van der Waals surface area contributed by atoms with Crippen LogP contribution in [0.15, 0.2) is 18.2 Å². The van der Waals surface area contributed by atoms with Crippen LogP contribution in [0.2, 0.25) is 0 Å². The lowest BCUT2D eigenvalue weighted by molar-refractivity contribution is -0.674. The van der Waals surface area contributed by atoms with Crippen molar-refractivity contribution in [2.75, 3.05) is 13.2 Å². The van der Waals surface area contributed by atoms with Gasteiger partial charge in [-0.05, 0) is 38.3 Å². The predicted molar refractivity (Wildman–Crippen MR) is 109 cm³/mol. The van der Waals surface area contributed by atoms with E-state index in [1.807, 2.05) is 19.9 Å². The van der Waals surface area contributed by atoms with Crippen LogP contribution in [0.4, 0.5) is 4.79 Å². The van der Waals surface area contributed by atoms with Crippen LogP contribution in [0.25, 0.3) is 11.0 Å². The van der Waals surface area contributed by atoms with Crippen LogP contribution in [-0.2, 0) is 22.6 Å². The molecule has 158 valence electrons. The molecule has 0 bridgehead atoms. The van der Waals surface area contributed by atoms with Crippen molar-refractivity contribution in [1.29, 1.82) is 0 Å². The summed E-state index contributed by atoms with van der Waals surface area (Å²) >= 11 is 0. The molecular formula is C21H31N4O4+. The lowest BCUT2D eigenvalue weighted by Crippen LogP contribution is -2.42. The lowest BCUT2D eigenvalue weighted by Gasteiger charge is -2.08. The van der Waals surface area contributed by atoms with E-state index in [0.29, 0.717) is 31.2 Å². The Morgan fingerprint density at radius 1 is 1.21 bits per heavy atom. The van der Waals surface area contributed by atoms with Crippen LogP contribution in [0.3, 0.4) is 0 Å². The number of nitrogens with one attached hydrogen (secondary N) is 2. The summed E-state index contributed by atoms with van der Waals surface area (Å²) in [7, 11) is 0. The van der Waals surface area contributed by atoms with Gasteiger partial charge in [-0.3, -0.25) is 10.1 Å². The molecule has 3 amide bonds. The van der Waals surface area contributed by atoms with E-state index < -0.39 is 17.9 Å². The summed E-state index contributed by atoms with van der Waals surface area (Å²) in [6, 6.07) is 4.80. The molecule has 2 aromatic rings. The fourth-order valence-electron chi connectivity index (χ4n) is 3.23. The van der Waals surface area contributed by atoms with Crippen molar-refractivity contribution in [3.63, 3.8) is 0 Å². The Labute approximate surface area is 171 Å². The molecule has 1 aromatic heterocycles. The second-order valence-corrected chi connectivity index (χ2v) is 7.29. The third-order valence-electron chi connectivity index (χ3n) is 4.73. The minimum absolute atomic E-state index is 0.0286. The maximum Gasteiger partial charge on any atom is 0.338 e. The van der Waals surface area contributed by atoms with Crippen molar-refractivity contribution < 1.29 is 23.7 Å². The van der Waals surface area contributed by atoms with E-state index in [4.69, 9.17) is 4.74 Å². The van der Waals surface area contributed by atoms with E-state index in [1.54, 1.807) is 23.6 Å². The Bertz CT molecular complexity index is 902. The first kappa shape index (κ1) is 22.4. The second-order valence-electron chi connectivity index (χ2n) is 7.29. The van der Waals surface area contributed by atoms with E-state index in [0.717, 1.165) is 23.3 Å². The fourth-order valence-corrected chi connectivity index (χ4v) is 3.23. The van der Waals surface area contributed by atoms with Gasteiger partial charge in [-0.1, -0.05) is 13.8 Å². The number of urea groups is 1. The molecule has 0 saturated heterocycles. The van der Waals surface area contributed by atoms with Crippen molar-refractivity contribution in [2.24, 2.45) is 5.92 Å². The van der Waals surface area contributed by atoms with E-state index in [9.17, 15) is 14.4 Å². The molecule has 1 heterocycles. The molecule has 0 aliphatic carbocycles. The van der Waals surface area contributed by atoms with Crippen molar-refractivity contribution in [2.45, 2.75) is 54.1 Å². The zero-order chi connectivity index (χ0) is 21.6. The summed E-state index contributed by atoms with van der Waals surface area (Å²) < 4.78 is 8.94. The first-order valence-electron chi connectivity index (χ1n) is 10.1. The van der Waals surface area contributed by atoms with E-state index in [2.05, 4.69) is 29.0 Å². The largest absolute Gasteiger partial charge is 0.462 e. The maximum absolute atomic E-state index is 12.4. The quantitative estimate of drug-likeness (QED) is 0.522. The number of hydrogen-bond acceptors (Lipinski definition) is 4. The highest BCUT2D eigenvalue weighted by atomic mass is 16.5. The van der Waals surface area contributed by atoms with E-state index in [-0.39, 0.29) is 6.54 Å². The molecule has 2 rings (SSSR count).